The zero-order valence-corrected chi connectivity index (χ0v) is 9.45. The molecule has 1 aliphatic heterocycles. The van der Waals surface area contributed by atoms with Crippen LogP contribution in [0, 0.1) is 5.82 Å². The lowest BCUT2D eigenvalue weighted by Crippen LogP contribution is -2.28. The summed E-state index contributed by atoms with van der Waals surface area (Å²) in [6, 6.07) is 6.51. The molecular weight excluding hydrogens is 231 g/mol. The summed E-state index contributed by atoms with van der Waals surface area (Å²) in [7, 11) is 0. The van der Waals surface area contributed by atoms with Gasteiger partial charge in [0, 0.05) is 4.90 Å². The van der Waals surface area contributed by atoms with Crippen molar-refractivity contribution in [2.45, 2.75) is 16.2 Å². The molecule has 1 N–H and O–H groups in total. The molecule has 2 atom stereocenters. The molecule has 2 unspecified atom stereocenters. The molecule has 0 aliphatic carbocycles. The van der Waals surface area contributed by atoms with Crippen LogP contribution in [0.5, 0.6) is 0 Å². The van der Waals surface area contributed by atoms with Crippen LogP contribution in [0.3, 0.4) is 0 Å². The summed E-state index contributed by atoms with van der Waals surface area (Å²) in [5.74, 6) is -0.273. The zero-order valence-electron chi connectivity index (χ0n) is 8.64. The van der Waals surface area contributed by atoms with E-state index in [0.29, 0.717) is 11.5 Å². The molecule has 3 nitrogen and oxygen atoms in total. The quantitative estimate of drug-likeness (QED) is 0.858. The Labute approximate surface area is 97.6 Å². The number of aliphatic hydroxyl groups excluding tert-OH is 1. The van der Waals surface area contributed by atoms with Crippen LogP contribution in [0.4, 0.5) is 4.39 Å². The van der Waals surface area contributed by atoms with Gasteiger partial charge in [0.25, 0.3) is 0 Å². The number of aliphatic hydroxyl groups is 1. The van der Waals surface area contributed by atoms with Crippen LogP contribution in [0.2, 0.25) is 0 Å². The van der Waals surface area contributed by atoms with Crippen molar-refractivity contribution < 1.29 is 19.0 Å². The van der Waals surface area contributed by atoms with Gasteiger partial charge < -0.3 is 14.6 Å². The van der Waals surface area contributed by atoms with Gasteiger partial charge >= 0.3 is 0 Å². The highest BCUT2D eigenvalue weighted by molar-refractivity contribution is 8.00. The first-order valence-corrected chi connectivity index (χ1v) is 5.90. The van der Waals surface area contributed by atoms with Crippen LogP contribution in [0.1, 0.15) is 0 Å². The van der Waals surface area contributed by atoms with E-state index in [4.69, 9.17) is 9.47 Å². The van der Waals surface area contributed by atoms with E-state index in [1.807, 2.05) is 0 Å². The van der Waals surface area contributed by atoms with E-state index in [2.05, 4.69) is 0 Å². The summed E-state index contributed by atoms with van der Waals surface area (Å²) in [4.78, 5) is 0.525. The Morgan fingerprint density at radius 2 is 2.00 bits per heavy atom. The Bertz CT molecular complexity index is 348. The SMILES string of the molecule is OC1COCOCC1Sc1ccccc1F. The van der Waals surface area contributed by atoms with Gasteiger partial charge in [-0.25, -0.2) is 4.39 Å². The van der Waals surface area contributed by atoms with E-state index in [1.165, 1.54) is 17.8 Å². The minimum absolute atomic E-state index is 0.186. The third-order valence-electron chi connectivity index (χ3n) is 2.28. The average molecular weight is 244 g/mol. The molecular formula is C11H13FO3S. The van der Waals surface area contributed by atoms with Crippen molar-refractivity contribution in [3.8, 4) is 0 Å². The highest BCUT2D eigenvalue weighted by Crippen LogP contribution is 2.28. The Kier molecular flexibility index (Phi) is 4.17. The third-order valence-corrected chi connectivity index (χ3v) is 3.62. The first kappa shape index (κ1) is 11.9. The summed E-state index contributed by atoms with van der Waals surface area (Å²) in [6.07, 6.45) is -0.632. The summed E-state index contributed by atoms with van der Waals surface area (Å²) in [5.41, 5.74) is 0. The molecule has 5 heteroatoms. The minimum Gasteiger partial charge on any atom is -0.389 e. The molecule has 0 spiro atoms. The largest absolute Gasteiger partial charge is 0.389 e. The molecule has 0 saturated carbocycles. The second-order valence-corrected chi connectivity index (χ2v) is 4.79. The number of hydrogen-bond donors (Lipinski definition) is 1. The van der Waals surface area contributed by atoms with Gasteiger partial charge in [0.1, 0.15) is 12.6 Å². The average Bonchev–Trinajstić information content (AvgIpc) is 2.48. The molecule has 1 saturated heterocycles. The van der Waals surface area contributed by atoms with Crippen LogP contribution in [0.25, 0.3) is 0 Å². The summed E-state index contributed by atoms with van der Waals surface area (Å²) in [5, 5.41) is 9.56. The Balaban J connectivity index is 2.05. The molecule has 1 aromatic carbocycles. The molecule has 1 heterocycles. The van der Waals surface area contributed by atoms with Crippen LogP contribution < -0.4 is 0 Å². The lowest BCUT2D eigenvalue weighted by atomic mass is 10.3. The van der Waals surface area contributed by atoms with Crippen molar-refractivity contribution in [1.82, 2.24) is 0 Å². The molecule has 0 bridgehead atoms. The molecule has 0 radical (unpaired) electrons. The predicted molar refractivity (Wildman–Crippen MR) is 58.8 cm³/mol. The van der Waals surface area contributed by atoms with Gasteiger partial charge in [-0.3, -0.25) is 0 Å². The van der Waals surface area contributed by atoms with E-state index in [1.54, 1.807) is 18.2 Å². The number of thioether (sulfide) groups is 1. The second-order valence-electron chi connectivity index (χ2n) is 3.51. The number of benzene rings is 1. The summed E-state index contributed by atoms with van der Waals surface area (Å²) >= 11 is 1.28. The van der Waals surface area contributed by atoms with Crippen molar-refractivity contribution in [2.75, 3.05) is 20.0 Å². The fourth-order valence-electron chi connectivity index (χ4n) is 1.43. The fraction of sp³-hybridized carbons (Fsp3) is 0.455. The molecule has 16 heavy (non-hydrogen) atoms. The van der Waals surface area contributed by atoms with Crippen LogP contribution in [0.15, 0.2) is 29.2 Å². The van der Waals surface area contributed by atoms with Gasteiger partial charge in [0.15, 0.2) is 0 Å². The Hall–Kier alpha value is -0.620. The molecule has 0 amide bonds. The molecule has 88 valence electrons. The predicted octanol–water partition coefficient (Wildman–Crippen LogP) is 1.65. The summed E-state index contributed by atoms with van der Waals surface area (Å²) in [6.45, 7) is 0.775. The maximum Gasteiger partial charge on any atom is 0.146 e. The van der Waals surface area contributed by atoms with Crippen molar-refractivity contribution >= 4 is 11.8 Å². The van der Waals surface area contributed by atoms with E-state index >= 15 is 0 Å². The van der Waals surface area contributed by atoms with Gasteiger partial charge in [-0.2, -0.15) is 0 Å². The second kappa shape index (κ2) is 5.63. The first-order chi connectivity index (χ1) is 7.77. The Morgan fingerprint density at radius 3 is 2.81 bits per heavy atom. The minimum atomic E-state index is -0.632. The molecule has 0 aromatic heterocycles. The summed E-state index contributed by atoms with van der Waals surface area (Å²) < 4.78 is 23.6. The lowest BCUT2D eigenvalue weighted by Gasteiger charge is -2.18. The van der Waals surface area contributed by atoms with Crippen molar-refractivity contribution in [3.05, 3.63) is 30.1 Å². The van der Waals surface area contributed by atoms with Crippen LogP contribution in [-0.2, 0) is 9.47 Å². The normalized spacial score (nSPS) is 26.4. The first-order valence-electron chi connectivity index (χ1n) is 5.02. The topological polar surface area (TPSA) is 38.7 Å². The standard InChI is InChI=1S/C11H13FO3S/c12-8-3-1-2-4-10(8)16-11-6-15-7-14-5-9(11)13/h1-4,9,11,13H,5-7H2. The third kappa shape index (κ3) is 2.95. The van der Waals surface area contributed by atoms with Crippen molar-refractivity contribution in [1.29, 1.82) is 0 Å². The molecule has 1 fully saturated rings. The van der Waals surface area contributed by atoms with Crippen molar-refractivity contribution in [3.63, 3.8) is 0 Å². The van der Waals surface area contributed by atoms with Crippen molar-refractivity contribution in [2.24, 2.45) is 0 Å². The van der Waals surface area contributed by atoms with Gasteiger partial charge in [0.05, 0.1) is 24.6 Å². The molecule has 1 aromatic rings. The van der Waals surface area contributed by atoms with Gasteiger partial charge in [-0.15, -0.1) is 11.8 Å². The highest BCUT2D eigenvalue weighted by Gasteiger charge is 2.24. The number of ether oxygens (including phenoxy) is 2. The van der Waals surface area contributed by atoms with Gasteiger partial charge in [0.2, 0.25) is 0 Å². The van der Waals surface area contributed by atoms with E-state index in [0.717, 1.165) is 0 Å². The van der Waals surface area contributed by atoms with Crippen LogP contribution >= 0.6 is 11.8 Å². The Morgan fingerprint density at radius 1 is 1.25 bits per heavy atom. The maximum absolute atomic E-state index is 13.4. The van der Waals surface area contributed by atoms with E-state index in [9.17, 15) is 9.50 Å². The van der Waals surface area contributed by atoms with Gasteiger partial charge in [-0.05, 0) is 12.1 Å². The molecule has 1 aliphatic rings. The molecule has 2 rings (SSSR count). The fourth-order valence-corrected chi connectivity index (χ4v) is 2.49. The van der Waals surface area contributed by atoms with Crippen LogP contribution in [-0.4, -0.2) is 36.5 Å². The number of rotatable bonds is 2. The number of hydrogen-bond acceptors (Lipinski definition) is 4. The highest BCUT2D eigenvalue weighted by atomic mass is 32.2. The van der Waals surface area contributed by atoms with Gasteiger partial charge in [-0.1, -0.05) is 12.1 Å². The van der Waals surface area contributed by atoms with E-state index in [-0.39, 0.29) is 24.5 Å². The van der Waals surface area contributed by atoms with E-state index < -0.39 is 6.10 Å². The lowest BCUT2D eigenvalue weighted by molar-refractivity contribution is -0.0420. The monoisotopic (exact) mass is 244 g/mol. The maximum atomic E-state index is 13.4. The zero-order chi connectivity index (χ0) is 11.4. The number of halogens is 1. The smallest absolute Gasteiger partial charge is 0.146 e.